The van der Waals surface area contributed by atoms with Gasteiger partial charge < -0.3 is 9.13 Å². The third-order valence-corrected chi connectivity index (χ3v) is 29.7. The molecule has 4 aromatic heterocycles. The molecule has 0 radical (unpaired) electrons. The van der Waals surface area contributed by atoms with E-state index in [4.69, 9.17) is 29.9 Å². The second kappa shape index (κ2) is 36.4. The molecule has 0 atom stereocenters. The third kappa shape index (κ3) is 15.6. The van der Waals surface area contributed by atoms with Crippen LogP contribution in [0.15, 0.2) is 510 Å². The van der Waals surface area contributed by atoms with E-state index in [9.17, 15) is 0 Å². The zero-order valence-corrected chi connectivity index (χ0v) is 81.1. The minimum Gasteiger partial charge on any atom is -0.309 e. The van der Waals surface area contributed by atoms with E-state index in [2.05, 4.69) is 449 Å². The fraction of sp³-hybridized carbons (Fsp3) is 0.0435. The maximum Gasteiger partial charge on any atom is 0.164 e. The van der Waals surface area contributed by atoms with Gasteiger partial charge in [0.25, 0.3) is 0 Å². The Bertz CT molecular complexity index is 9190. The predicted molar refractivity (Wildman–Crippen MR) is 605 cm³/mol. The number of hydrogen-bond donors (Lipinski definition) is 0. The van der Waals surface area contributed by atoms with Gasteiger partial charge in [0.05, 0.1) is 22.1 Å². The van der Waals surface area contributed by atoms with Crippen LogP contribution >= 0.6 is 0 Å². The Balaban J connectivity index is 0.000000149. The fourth-order valence-corrected chi connectivity index (χ4v) is 22.6. The van der Waals surface area contributed by atoms with Crippen molar-refractivity contribution in [2.75, 3.05) is 0 Å². The van der Waals surface area contributed by atoms with Crippen LogP contribution in [0.2, 0.25) is 0 Å². The highest BCUT2D eigenvalue weighted by atomic mass is 15.0. The third-order valence-electron chi connectivity index (χ3n) is 29.7. The first-order chi connectivity index (χ1) is 71.9. The Morgan fingerprint density at radius 1 is 0.144 bits per heavy atom. The predicted octanol–water partition coefficient (Wildman–Crippen LogP) is 35.6. The molecule has 146 heavy (non-hydrogen) atoms. The highest BCUT2D eigenvalue weighted by molar-refractivity contribution is 6.14. The molecule has 2 aliphatic carbocycles. The van der Waals surface area contributed by atoms with Crippen molar-refractivity contribution in [3.8, 4) is 202 Å². The first-order valence-electron chi connectivity index (χ1n) is 50.1. The molecule has 0 spiro atoms. The van der Waals surface area contributed by atoms with Crippen LogP contribution in [-0.4, -0.2) is 39.0 Å². The number of aromatic nitrogens is 8. The van der Waals surface area contributed by atoms with E-state index < -0.39 is 0 Å². The largest absolute Gasteiger partial charge is 0.309 e. The maximum absolute atomic E-state index is 5.19. The SMILES string of the molecule is CC1(C)c2ccccc2-c2cc3c4ccccc4n(-c4ccc(-c5cc(-c6ccccc6)cc(-c6ccccc6-c6ccccc6)c5-c5cccc(-c6nc(-c7ccccc7)nc(-c7ccccc7)n6)c5)cc4)c3cc21.CC1(C)c2ccccc2-c2cc3c4ccccc4n(-c4cccc(-c5cc(-c6ccccc6)c(-c6cccc(-c7nc(-c8ccccc8)nc(-c8ccccc8)n7)c6)c(-c6ccccc6)c5)c4)c3cc21. The van der Waals surface area contributed by atoms with Crippen molar-refractivity contribution in [1.82, 2.24) is 39.0 Å². The summed E-state index contributed by atoms with van der Waals surface area (Å²) in [6, 6.07) is 183. The molecule has 25 aromatic rings. The number of nitrogens with zero attached hydrogens (tertiary/aromatic N) is 8. The van der Waals surface area contributed by atoms with Crippen LogP contribution < -0.4 is 0 Å². The molecule has 21 aromatic carbocycles. The molecule has 688 valence electrons. The number of hydrogen-bond acceptors (Lipinski definition) is 6. The molecular formula is C138H96N8. The summed E-state index contributed by atoms with van der Waals surface area (Å²) in [5, 5.41) is 5.02. The van der Waals surface area contributed by atoms with Crippen molar-refractivity contribution in [3.63, 3.8) is 0 Å². The molecule has 0 N–H and O–H groups in total. The zero-order valence-electron chi connectivity index (χ0n) is 81.1. The Morgan fingerprint density at radius 2 is 0.432 bits per heavy atom. The van der Waals surface area contributed by atoms with E-state index in [1.807, 2.05) is 97.1 Å². The lowest BCUT2D eigenvalue weighted by molar-refractivity contribution is 0.661. The normalized spacial score (nSPS) is 12.5. The molecule has 0 saturated heterocycles. The van der Waals surface area contributed by atoms with Crippen LogP contribution in [0.5, 0.6) is 0 Å². The summed E-state index contributed by atoms with van der Waals surface area (Å²) in [4.78, 5) is 30.6. The molecule has 2 aliphatic rings. The number of fused-ring (bicyclic) bond motifs is 12. The molecule has 0 fully saturated rings. The quantitative estimate of drug-likeness (QED) is 0.0903. The van der Waals surface area contributed by atoms with Crippen molar-refractivity contribution in [2.24, 2.45) is 0 Å². The second-order valence-electron chi connectivity index (χ2n) is 39.1. The molecule has 8 heteroatoms. The van der Waals surface area contributed by atoms with E-state index >= 15 is 0 Å². The molecule has 0 saturated carbocycles. The molecule has 0 unspecified atom stereocenters. The first-order valence-corrected chi connectivity index (χ1v) is 50.1. The number of para-hydroxylation sites is 2. The average Bonchev–Trinajstić information content (AvgIpc) is 1.54. The van der Waals surface area contributed by atoms with Gasteiger partial charge in [-0.15, -0.1) is 0 Å². The minimum absolute atomic E-state index is 0.117. The average molecular weight is 1870 g/mol. The first kappa shape index (κ1) is 87.5. The summed E-state index contributed by atoms with van der Waals surface area (Å²) in [6.45, 7) is 9.45. The van der Waals surface area contributed by atoms with Crippen LogP contribution in [0.3, 0.4) is 0 Å². The van der Waals surface area contributed by atoms with Gasteiger partial charge in [0.1, 0.15) is 0 Å². The van der Waals surface area contributed by atoms with Crippen LogP contribution in [0.25, 0.3) is 246 Å². The molecule has 27 rings (SSSR count). The van der Waals surface area contributed by atoms with Gasteiger partial charge in [0.2, 0.25) is 0 Å². The summed E-state index contributed by atoms with van der Waals surface area (Å²) < 4.78 is 4.93. The van der Waals surface area contributed by atoms with Gasteiger partial charge in [0.15, 0.2) is 34.9 Å². The molecule has 0 amide bonds. The van der Waals surface area contributed by atoms with Crippen LogP contribution in [-0.2, 0) is 10.8 Å². The topological polar surface area (TPSA) is 87.2 Å². The van der Waals surface area contributed by atoms with Gasteiger partial charge >= 0.3 is 0 Å². The minimum atomic E-state index is -0.128. The molecular weight excluding hydrogens is 1770 g/mol. The van der Waals surface area contributed by atoms with Gasteiger partial charge in [-0.1, -0.05) is 440 Å². The Labute approximate surface area is 849 Å². The van der Waals surface area contributed by atoms with E-state index in [1.54, 1.807) is 0 Å². The van der Waals surface area contributed by atoms with E-state index in [-0.39, 0.29) is 10.8 Å². The van der Waals surface area contributed by atoms with Crippen LogP contribution in [0.4, 0.5) is 0 Å². The number of benzene rings is 21. The Hall–Kier alpha value is -18.8. The van der Waals surface area contributed by atoms with Gasteiger partial charge in [-0.2, -0.15) is 0 Å². The van der Waals surface area contributed by atoms with Gasteiger partial charge in [-0.25, -0.2) is 29.9 Å². The van der Waals surface area contributed by atoms with Crippen LogP contribution in [0, 0.1) is 0 Å². The fourth-order valence-electron chi connectivity index (χ4n) is 22.6. The highest BCUT2D eigenvalue weighted by Gasteiger charge is 2.39. The molecule has 8 nitrogen and oxygen atoms in total. The van der Waals surface area contributed by atoms with E-state index in [1.165, 1.54) is 88.1 Å². The summed E-state index contributed by atoms with van der Waals surface area (Å²) in [7, 11) is 0. The second-order valence-corrected chi connectivity index (χ2v) is 39.1. The van der Waals surface area contributed by atoms with E-state index in [0.29, 0.717) is 34.9 Å². The lowest BCUT2D eigenvalue weighted by Crippen LogP contribution is -2.14. The molecule has 0 aliphatic heterocycles. The lowest BCUT2D eigenvalue weighted by Gasteiger charge is -2.22. The van der Waals surface area contributed by atoms with Gasteiger partial charge in [-0.05, 0) is 242 Å². The zero-order chi connectivity index (χ0) is 97.5. The number of rotatable bonds is 17. The monoisotopic (exact) mass is 1860 g/mol. The standard InChI is InChI=1S/C72H50N4.C66H46N4/c1-72(2)64-36-19-17-34-58(64)61-45-62-59-35-18-20-37-66(59)76(67(62)46-65(61)72)55-40-38-49(39-41-55)60-43-54(47-22-7-3-8-23-47)44-63(57-33-16-15-32-56(57)48-24-9-4-10-25-48)68(60)52-30-21-31-53(42-52)71-74-69(50-26-11-5-12-27-50)73-70(75-71)51-28-13-6-14-29-51;1-66(2)58-35-17-15-33-52(58)56-41-57-53-34-16-18-36-60(53)70(61(57)42-59(56)66)51-32-20-29-47(38-51)50-39-54(43-21-7-3-8-22-43)62(55(40-50)44-23-9-4-10-24-44)48-30-19-31-49(37-48)65-68-63(45-25-11-5-12-26-45)67-64(69-65)46-27-13-6-14-28-46/h3-46H,1-2H3;3-42H,1-2H3. The summed E-state index contributed by atoms with van der Waals surface area (Å²) in [6.07, 6.45) is 0. The van der Waals surface area contributed by atoms with Crippen molar-refractivity contribution in [1.29, 1.82) is 0 Å². The highest BCUT2D eigenvalue weighted by Crippen LogP contribution is 2.56. The van der Waals surface area contributed by atoms with Crippen molar-refractivity contribution >= 4 is 43.6 Å². The lowest BCUT2D eigenvalue weighted by atomic mass is 9.82. The van der Waals surface area contributed by atoms with Crippen molar-refractivity contribution in [3.05, 3.63) is 532 Å². The van der Waals surface area contributed by atoms with Crippen molar-refractivity contribution < 1.29 is 0 Å². The van der Waals surface area contributed by atoms with Gasteiger partial charge in [0, 0.05) is 77.1 Å². The Kier molecular flexibility index (Phi) is 21.8. The molecule has 4 heterocycles. The summed E-state index contributed by atoms with van der Waals surface area (Å²) >= 11 is 0. The van der Waals surface area contributed by atoms with Gasteiger partial charge in [-0.3, -0.25) is 0 Å². The summed E-state index contributed by atoms with van der Waals surface area (Å²) in [5.41, 5.74) is 43.5. The molecule has 0 bridgehead atoms. The Morgan fingerprint density at radius 3 is 0.849 bits per heavy atom. The van der Waals surface area contributed by atoms with Crippen LogP contribution in [0.1, 0.15) is 49.9 Å². The van der Waals surface area contributed by atoms with Crippen molar-refractivity contribution in [2.45, 2.75) is 38.5 Å². The maximum atomic E-state index is 5.19. The van der Waals surface area contributed by atoms with E-state index in [0.717, 1.165) is 145 Å². The smallest absolute Gasteiger partial charge is 0.164 e. The summed E-state index contributed by atoms with van der Waals surface area (Å²) in [5.74, 6) is 3.75.